The number of likely N-dealkylation sites (N-methyl/N-ethyl adjacent to an activating group) is 1. The molecule has 0 radical (unpaired) electrons. The van der Waals surface area contributed by atoms with Gasteiger partial charge in [0.25, 0.3) is 5.91 Å². The van der Waals surface area contributed by atoms with Gasteiger partial charge in [0.05, 0.1) is 17.7 Å². The third kappa shape index (κ3) is 1.68. The van der Waals surface area contributed by atoms with E-state index in [-0.39, 0.29) is 23.4 Å². The highest BCUT2D eigenvalue weighted by molar-refractivity contribution is 6.08. The number of guanidine groups is 1. The van der Waals surface area contributed by atoms with Gasteiger partial charge in [-0.3, -0.25) is 9.69 Å². The Kier molecular flexibility index (Phi) is 3.03. The van der Waals surface area contributed by atoms with Gasteiger partial charge in [0.2, 0.25) is 0 Å². The van der Waals surface area contributed by atoms with E-state index < -0.39 is 5.54 Å². The number of benzene rings is 1. The van der Waals surface area contributed by atoms with Crippen molar-refractivity contribution < 1.29 is 9.90 Å². The van der Waals surface area contributed by atoms with Crippen LogP contribution < -0.4 is 5.73 Å². The number of hydrogen-bond donors (Lipinski definition) is 2. The topological polar surface area (TPSA) is 103 Å². The summed E-state index contributed by atoms with van der Waals surface area (Å²) < 4.78 is 0. The molecule has 1 fully saturated rings. The summed E-state index contributed by atoms with van der Waals surface area (Å²) in [5.74, 6) is 0.103. The number of rotatable bonds is 0. The normalized spacial score (nSPS) is 34.5. The second-order valence-corrected chi connectivity index (χ2v) is 7.22. The number of aliphatic imine (C=N–C) groups is 1. The smallest absolute Gasteiger partial charge is 0.262 e. The quantitative estimate of drug-likeness (QED) is 0.743. The molecule has 24 heavy (non-hydrogen) atoms. The third-order valence-electron chi connectivity index (χ3n) is 6.08. The maximum atomic E-state index is 13.2. The highest BCUT2D eigenvalue weighted by atomic mass is 16.3. The molecule has 4 rings (SSSR count). The van der Waals surface area contributed by atoms with Gasteiger partial charge < -0.3 is 10.8 Å². The first kappa shape index (κ1) is 15.2. The number of aliphatic hydroxyl groups excluding tert-OH is 1. The number of fused-ring (bicyclic) bond motifs is 3. The molecule has 1 amide bonds. The van der Waals surface area contributed by atoms with Gasteiger partial charge in [0, 0.05) is 12.5 Å². The minimum Gasteiger partial charge on any atom is -0.393 e. The van der Waals surface area contributed by atoms with Crippen molar-refractivity contribution in [2.75, 3.05) is 7.05 Å². The van der Waals surface area contributed by atoms with Crippen LogP contribution in [0.15, 0.2) is 23.2 Å². The van der Waals surface area contributed by atoms with E-state index in [0.717, 1.165) is 30.4 Å². The Morgan fingerprint density at radius 3 is 2.71 bits per heavy atom. The molecule has 124 valence electrons. The molecule has 1 atom stereocenters. The molecule has 1 unspecified atom stereocenters. The lowest BCUT2D eigenvalue weighted by Gasteiger charge is -2.44. The molecule has 1 aliphatic heterocycles. The fourth-order valence-corrected chi connectivity index (χ4v) is 4.77. The lowest BCUT2D eigenvalue weighted by Crippen LogP contribution is -2.51. The van der Waals surface area contributed by atoms with Gasteiger partial charge in [-0.1, -0.05) is 6.07 Å². The summed E-state index contributed by atoms with van der Waals surface area (Å²) in [7, 11) is 1.65. The maximum Gasteiger partial charge on any atom is 0.262 e. The van der Waals surface area contributed by atoms with E-state index in [9.17, 15) is 15.2 Å². The van der Waals surface area contributed by atoms with E-state index in [2.05, 4.69) is 11.1 Å². The molecule has 3 aliphatic rings. The Bertz CT molecular complexity index is 802. The molecule has 6 nitrogen and oxygen atoms in total. The number of nitrogens with zero attached hydrogens (tertiary/aromatic N) is 3. The number of carbonyl (C=O) groups excluding carboxylic acids is 1. The Labute approximate surface area is 140 Å². The summed E-state index contributed by atoms with van der Waals surface area (Å²) in [6.45, 7) is 0. The number of aliphatic hydroxyl groups is 1. The first-order valence-corrected chi connectivity index (χ1v) is 8.28. The summed E-state index contributed by atoms with van der Waals surface area (Å²) in [6, 6.07) is 7.68. The molecule has 1 heterocycles. The SMILES string of the molecule is CN1C(=O)C2(N=C1N)c1cc(C#N)ccc1CC21CCC(O)CC1. The van der Waals surface area contributed by atoms with Crippen LogP contribution in [0.5, 0.6) is 0 Å². The van der Waals surface area contributed by atoms with E-state index in [4.69, 9.17) is 5.73 Å². The van der Waals surface area contributed by atoms with Crippen LogP contribution in [0, 0.1) is 16.7 Å². The van der Waals surface area contributed by atoms with Crippen LogP contribution in [0.3, 0.4) is 0 Å². The first-order chi connectivity index (χ1) is 11.4. The van der Waals surface area contributed by atoms with E-state index in [0.29, 0.717) is 18.4 Å². The van der Waals surface area contributed by atoms with Crippen molar-refractivity contribution in [1.82, 2.24) is 4.90 Å². The Morgan fingerprint density at radius 1 is 1.42 bits per heavy atom. The zero-order chi connectivity index (χ0) is 17.1. The van der Waals surface area contributed by atoms with Crippen LogP contribution in [-0.2, 0) is 16.8 Å². The van der Waals surface area contributed by atoms with Gasteiger partial charge in [-0.15, -0.1) is 0 Å². The van der Waals surface area contributed by atoms with E-state index in [1.807, 2.05) is 6.07 Å². The van der Waals surface area contributed by atoms with Crippen LogP contribution in [-0.4, -0.2) is 35.0 Å². The van der Waals surface area contributed by atoms with Crippen LogP contribution in [0.2, 0.25) is 0 Å². The van der Waals surface area contributed by atoms with Gasteiger partial charge in [0.15, 0.2) is 11.5 Å². The minimum absolute atomic E-state index is 0.120. The van der Waals surface area contributed by atoms with Crippen LogP contribution >= 0.6 is 0 Å². The van der Waals surface area contributed by atoms with Gasteiger partial charge in [0.1, 0.15) is 0 Å². The highest BCUT2D eigenvalue weighted by Crippen LogP contribution is 2.61. The van der Waals surface area contributed by atoms with Crippen molar-refractivity contribution in [3.63, 3.8) is 0 Å². The fourth-order valence-electron chi connectivity index (χ4n) is 4.77. The van der Waals surface area contributed by atoms with Crippen molar-refractivity contribution in [2.24, 2.45) is 16.1 Å². The zero-order valence-corrected chi connectivity index (χ0v) is 13.6. The predicted octanol–water partition coefficient (Wildman–Crippen LogP) is 1.02. The Hall–Kier alpha value is -2.39. The average molecular weight is 324 g/mol. The number of nitriles is 1. The number of nitrogens with two attached hydrogens (primary N) is 1. The first-order valence-electron chi connectivity index (χ1n) is 8.28. The van der Waals surface area contributed by atoms with Gasteiger partial charge in [-0.25, -0.2) is 4.99 Å². The van der Waals surface area contributed by atoms with Crippen LogP contribution in [0.25, 0.3) is 0 Å². The molecule has 6 heteroatoms. The van der Waals surface area contributed by atoms with E-state index >= 15 is 0 Å². The summed E-state index contributed by atoms with van der Waals surface area (Å²) in [5, 5.41) is 19.2. The standard InChI is InChI=1S/C18H20N4O2/c1-22-15(24)18(21-16(22)20)14-8-11(10-19)2-3-12(14)9-17(18)6-4-13(23)5-7-17/h2-3,8,13,23H,4-7,9H2,1H3,(H2,20,21). The molecule has 1 saturated carbocycles. The molecule has 3 N–H and O–H groups in total. The number of hydrogen-bond acceptors (Lipinski definition) is 5. The lowest BCUT2D eigenvalue weighted by molar-refractivity contribution is -0.137. The summed E-state index contributed by atoms with van der Waals surface area (Å²) >= 11 is 0. The lowest BCUT2D eigenvalue weighted by atomic mass is 9.61. The van der Waals surface area contributed by atoms with Crippen molar-refractivity contribution >= 4 is 11.9 Å². The summed E-state index contributed by atoms with van der Waals surface area (Å²) in [6.07, 6.45) is 3.18. The zero-order valence-electron chi connectivity index (χ0n) is 13.6. The van der Waals surface area contributed by atoms with Crippen molar-refractivity contribution in [3.05, 3.63) is 34.9 Å². The van der Waals surface area contributed by atoms with Crippen LogP contribution in [0.1, 0.15) is 42.4 Å². The third-order valence-corrected chi connectivity index (χ3v) is 6.08. The van der Waals surface area contributed by atoms with Crippen LogP contribution in [0.4, 0.5) is 0 Å². The molecule has 1 aromatic carbocycles. The van der Waals surface area contributed by atoms with Crippen molar-refractivity contribution in [1.29, 1.82) is 5.26 Å². The van der Waals surface area contributed by atoms with Crippen molar-refractivity contribution in [2.45, 2.75) is 43.7 Å². The molecule has 0 saturated heterocycles. The second-order valence-electron chi connectivity index (χ2n) is 7.22. The monoisotopic (exact) mass is 324 g/mol. The average Bonchev–Trinajstić information content (AvgIpc) is 2.98. The molecule has 1 aromatic rings. The van der Waals surface area contributed by atoms with Gasteiger partial charge in [-0.05, 0) is 55.4 Å². The molecule has 2 spiro atoms. The molecule has 2 aliphatic carbocycles. The van der Waals surface area contributed by atoms with Gasteiger partial charge >= 0.3 is 0 Å². The summed E-state index contributed by atoms with van der Waals surface area (Å²) in [5.41, 5.74) is 7.00. The molecular weight excluding hydrogens is 304 g/mol. The second kappa shape index (κ2) is 4.81. The van der Waals surface area contributed by atoms with Gasteiger partial charge in [-0.2, -0.15) is 5.26 Å². The largest absolute Gasteiger partial charge is 0.393 e. The predicted molar refractivity (Wildman–Crippen MR) is 87.8 cm³/mol. The summed E-state index contributed by atoms with van der Waals surface area (Å²) in [4.78, 5) is 19.3. The van der Waals surface area contributed by atoms with Crippen molar-refractivity contribution in [3.8, 4) is 6.07 Å². The maximum absolute atomic E-state index is 13.2. The molecule has 0 aromatic heterocycles. The number of carbonyl (C=O) groups is 1. The minimum atomic E-state index is -1.05. The Morgan fingerprint density at radius 2 is 2.12 bits per heavy atom. The Balaban J connectivity index is 1.95. The van der Waals surface area contributed by atoms with E-state index in [1.54, 1.807) is 19.2 Å². The molecular formula is C18H20N4O2. The molecule has 0 bridgehead atoms. The highest BCUT2D eigenvalue weighted by Gasteiger charge is 2.66. The number of amides is 1. The van der Waals surface area contributed by atoms with E-state index in [1.165, 1.54) is 4.90 Å². The fraction of sp³-hybridized carbons (Fsp3) is 0.500.